The fraction of sp³-hybridized carbons (Fsp3) is 0. The summed E-state index contributed by atoms with van der Waals surface area (Å²) in [6.07, 6.45) is 2.21. The highest BCUT2D eigenvalue weighted by Gasteiger charge is 1.90. The summed E-state index contributed by atoms with van der Waals surface area (Å²) >= 11 is 0. The Balaban J connectivity index is 2.64. The first-order valence-electron chi connectivity index (χ1n) is 2.44. The van der Waals surface area contributed by atoms with Crippen LogP contribution < -0.4 is 0 Å². The van der Waals surface area contributed by atoms with E-state index in [-0.39, 0.29) is 0 Å². The molecule has 0 unspecified atom stereocenters. The highest BCUT2D eigenvalue weighted by molar-refractivity contribution is 5.84. The highest BCUT2D eigenvalue weighted by Crippen LogP contribution is 1.86. The first-order chi connectivity index (χ1) is 4.79. The molecule has 1 aromatic heterocycles. The fourth-order valence-corrected chi connectivity index (χ4v) is 0.387. The van der Waals surface area contributed by atoms with Crippen molar-refractivity contribution in [2.75, 3.05) is 0 Å². The molecule has 1 rings (SSSR count). The van der Waals surface area contributed by atoms with Crippen molar-refractivity contribution in [1.29, 1.82) is 0 Å². The quantitative estimate of drug-likeness (QED) is 0.530. The van der Waals surface area contributed by atoms with Gasteiger partial charge in [-0.2, -0.15) is 0 Å². The number of hydrogen-bond donors (Lipinski definition) is 2. The van der Waals surface area contributed by atoms with E-state index >= 15 is 0 Å². The molecule has 1 aromatic rings. The lowest BCUT2D eigenvalue weighted by Crippen LogP contribution is -1.86. The molecule has 0 saturated carbocycles. The average Bonchev–Trinajstić information content (AvgIpc) is 2.34. The fourth-order valence-electron chi connectivity index (χ4n) is 0.387. The molecular weight excluding hydrogens is 136 g/mol. The van der Waals surface area contributed by atoms with E-state index in [1.54, 1.807) is 0 Å². The predicted molar refractivity (Wildman–Crippen MR) is 30.8 cm³/mol. The van der Waals surface area contributed by atoms with Crippen molar-refractivity contribution >= 4 is 12.0 Å². The number of nitrogens with one attached hydrogen (secondary N) is 1. The van der Waals surface area contributed by atoms with E-state index in [0.29, 0.717) is 5.82 Å². The molecule has 2 N–H and O–H groups in total. The monoisotopic (exact) mass is 140 g/mol. The number of aromatic nitrogens is 4. The van der Waals surface area contributed by atoms with Crippen LogP contribution in [-0.2, 0) is 4.79 Å². The van der Waals surface area contributed by atoms with Gasteiger partial charge < -0.3 is 5.11 Å². The zero-order chi connectivity index (χ0) is 7.40. The van der Waals surface area contributed by atoms with E-state index in [2.05, 4.69) is 20.6 Å². The van der Waals surface area contributed by atoms with Crippen LogP contribution in [0.3, 0.4) is 0 Å². The van der Waals surface area contributed by atoms with E-state index in [1.807, 2.05) is 0 Å². The Morgan fingerprint density at radius 3 is 3.00 bits per heavy atom. The summed E-state index contributed by atoms with van der Waals surface area (Å²) in [4.78, 5) is 9.93. The Morgan fingerprint density at radius 1 is 1.70 bits per heavy atom. The lowest BCUT2D eigenvalue weighted by molar-refractivity contribution is -0.131. The van der Waals surface area contributed by atoms with Crippen molar-refractivity contribution in [1.82, 2.24) is 20.6 Å². The van der Waals surface area contributed by atoms with E-state index in [0.717, 1.165) is 6.08 Å². The molecule has 0 aliphatic heterocycles. The Morgan fingerprint density at radius 2 is 2.50 bits per heavy atom. The second-order valence-electron chi connectivity index (χ2n) is 1.46. The van der Waals surface area contributed by atoms with E-state index < -0.39 is 5.97 Å². The van der Waals surface area contributed by atoms with Gasteiger partial charge in [0.15, 0.2) is 5.82 Å². The topological polar surface area (TPSA) is 91.8 Å². The molecule has 0 spiro atoms. The number of aliphatic carboxylic acids is 1. The molecule has 6 heteroatoms. The maximum Gasteiger partial charge on any atom is 0.328 e. The van der Waals surface area contributed by atoms with Crippen molar-refractivity contribution in [3.8, 4) is 0 Å². The first kappa shape index (κ1) is 6.40. The number of H-pyrrole nitrogens is 1. The molecule has 52 valence electrons. The summed E-state index contributed by atoms with van der Waals surface area (Å²) in [7, 11) is 0. The molecule has 0 radical (unpaired) electrons. The minimum Gasteiger partial charge on any atom is -0.478 e. The molecule has 1 heterocycles. The number of hydrogen-bond acceptors (Lipinski definition) is 4. The number of aromatic amines is 1. The molecule has 6 nitrogen and oxygen atoms in total. The number of carboxylic acids is 1. The van der Waals surface area contributed by atoms with Gasteiger partial charge in [0.05, 0.1) is 0 Å². The lowest BCUT2D eigenvalue weighted by Gasteiger charge is -1.76. The molecule has 0 atom stereocenters. The average molecular weight is 140 g/mol. The molecule has 0 amide bonds. The number of carbonyl (C=O) groups is 1. The highest BCUT2D eigenvalue weighted by atomic mass is 16.4. The van der Waals surface area contributed by atoms with Crippen LogP contribution in [0.4, 0.5) is 0 Å². The van der Waals surface area contributed by atoms with Crippen LogP contribution in [0.2, 0.25) is 0 Å². The molecule has 10 heavy (non-hydrogen) atoms. The van der Waals surface area contributed by atoms with Gasteiger partial charge in [0.1, 0.15) is 0 Å². The number of carboxylic acid groups (broad SMARTS) is 1. The third-order valence-corrected chi connectivity index (χ3v) is 0.746. The van der Waals surface area contributed by atoms with Gasteiger partial charge in [-0.05, 0) is 16.5 Å². The van der Waals surface area contributed by atoms with Gasteiger partial charge in [-0.15, -0.1) is 5.10 Å². The smallest absolute Gasteiger partial charge is 0.328 e. The summed E-state index contributed by atoms with van der Waals surface area (Å²) < 4.78 is 0. The van der Waals surface area contributed by atoms with E-state index in [9.17, 15) is 4.79 Å². The molecule has 0 aliphatic rings. The Kier molecular flexibility index (Phi) is 1.74. The van der Waals surface area contributed by atoms with Crippen LogP contribution in [0, 0.1) is 0 Å². The van der Waals surface area contributed by atoms with Gasteiger partial charge in [-0.3, -0.25) is 0 Å². The van der Waals surface area contributed by atoms with E-state index in [4.69, 9.17) is 5.11 Å². The molecule has 0 fully saturated rings. The van der Waals surface area contributed by atoms with Crippen molar-refractivity contribution in [3.63, 3.8) is 0 Å². The Hall–Kier alpha value is -1.72. The molecule has 0 aromatic carbocycles. The van der Waals surface area contributed by atoms with Crippen LogP contribution in [0.1, 0.15) is 5.82 Å². The summed E-state index contributed by atoms with van der Waals surface area (Å²) in [5.74, 6) is -0.709. The summed E-state index contributed by atoms with van der Waals surface area (Å²) in [5.41, 5.74) is 0. The zero-order valence-electron chi connectivity index (χ0n) is 4.85. The minimum absolute atomic E-state index is 0.322. The van der Waals surface area contributed by atoms with Gasteiger partial charge in [0.2, 0.25) is 0 Å². The Labute approximate surface area is 55.6 Å². The van der Waals surface area contributed by atoms with Crippen molar-refractivity contribution < 1.29 is 9.90 Å². The van der Waals surface area contributed by atoms with Crippen LogP contribution in [0.25, 0.3) is 6.08 Å². The van der Waals surface area contributed by atoms with Gasteiger partial charge in [0, 0.05) is 6.08 Å². The second-order valence-corrected chi connectivity index (χ2v) is 1.46. The third-order valence-electron chi connectivity index (χ3n) is 0.746. The maximum atomic E-state index is 9.93. The summed E-state index contributed by atoms with van der Waals surface area (Å²) in [5, 5.41) is 20.4. The number of rotatable bonds is 2. The largest absolute Gasteiger partial charge is 0.478 e. The molecule has 0 saturated heterocycles. The standard InChI is InChI=1S/C4H4N4O2/c9-4(10)2-1-3-5-7-8-6-3/h1-2H,(H,9,10)(H,5,6,7,8). The van der Waals surface area contributed by atoms with Crippen LogP contribution in [0.15, 0.2) is 6.08 Å². The van der Waals surface area contributed by atoms with Crippen molar-refractivity contribution in [2.24, 2.45) is 0 Å². The van der Waals surface area contributed by atoms with Gasteiger partial charge in [0.25, 0.3) is 0 Å². The van der Waals surface area contributed by atoms with Crippen LogP contribution in [0.5, 0.6) is 0 Å². The van der Waals surface area contributed by atoms with Gasteiger partial charge >= 0.3 is 5.97 Å². The van der Waals surface area contributed by atoms with Gasteiger partial charge in [-0.25, -0.2) is 9.89 Å². The summed E-state index contributed by atoms with van der Waals surface area (Å²) in [6.45, 7) is 0. The zero-order valence-corrected chi connectivity index (χ0v) is 4.85. The minimum atomic E-state index is -1.03. The van der Waals surface area contributed by atoms with Crippen molar-refractivity contribution in [2.45, 2.75) is 0 Å². The van der Waals surface area contributed by atoms with Crippen LogP contribution >= 0.6 is 0 Å². The predicted octanol–water partition coefficient (Wildman–Crippen LogP) is -0.703. The second kappa shape index (κ2) is 2.72. The summed E-state index contributed by atoms with van der Waals surface area (Å²) in [6, 6.07) is 0. The van der Waals surface area contributed by atoms with Gasteiger partial charge in [-0.1, -0.05) is 0 Å². The van der Waals surface area contributed by atoms with E-state index in [1.165, 1.54) is 6.08 Å². The SMILES string of the molecule is O=C(O)C=Cc1nnn[nH]1. The third kappa shape index (κ3) is 1.66. The normalized spacial score (nSPS) is 10.4. The molecular formula is C4H4N4O2. The van der Waals surface area contributed by atoms with Crippen LogP contribution in [-0.4, -0.2) is 31.7 Å². The molecule has 0 bridgehead atoms. The lowest BCUT2D eigenvalue weighted by atomic mass is 10.5. The molecule has 0 aliphatic carbocycles. The Bertz CT molecular complexity index is 240. The first-order valence-corrected chi connectivity index (χ1v) is 2.44. The number of tetrazole rings is 1. The van der Waals surface area contributed by atoms with Crippen molar-refractivity contribution in [3.05, 3.63) is 11.9 Å². The number of nitrogens with zero attached hydrogens (tertiary/aromatic N) is 3. The maximum absolute atomic E-state index is 9.93.